The van der Waals surface area contributed by atoms with Crippen LogP contribution in [0.3, 0.4) is 0 Å². The van der Waals surface area contributed by atoms with Crippen molar-refractivity contribution in [3.63, 3.8) is 0 Å². The first-order chi connectivity index (χ1) is 17.7. The zero-order valence-corrected chi connectivity index (χ0v) is 22.2. The minimum absolute atomic E-state index is 0.139. The van der Waals surface area contributed by atoms with Crippen molar-refractivity contribution < 1.29 is 27.5 Å². The van der Waals surface area contributed by atoms with Crippen molar-refractivity contribution in [2.45, 2.75) is 25.3 Å². The Bertz CT molecular complexity index is 1280. The number of aryl methyl sites for hydroxylation is 1. The lowest BCUT2D eigenvalue weighted by Crippen LogP contribution is -2.49. The van der Waals surface area contributed by atoms with Crippen LogP contribution in [-0.4, -0.2) is 85.4 Å². The number of sulfonamides is 1. The highest BCUT2D eigenvalue weighted by Crippen LogP contribution is 2.39. The summed E-state index contributed by atoms with van der Waals surface area (Å²) in [5, 5.41) is 7.37. The third-order valence-corrected chi connectivity index (χ3v) is 7.75. The first kappa shape index (κ1) is 26.7. The fraction of sp³-hybridized carbons (Fsp3) is 0.480. The molecule has 0 spiro atoms. The third-order valence-electron chi connectivity index (χ3n) is 6.45. The molecule has 1 saturated heterocycles. The van der Waals surface area contributed by atoms with Gasteiger partial charge in [0.1, 0.15) is 12.3 Å². The van der Waals surface area contributed by atoms with Gasteiger partial charge in [-0.1, -0.05) is 12.1 Å². The zero-order chi connectivity index (χ0) is 26.6. The van der Waals surface area contributed by atoms with Crippen molar-refractivity contribution in [3.8, 4) is 11.5 Å². The van der Waals surface area contributed by atoms with Crippen molar-refractivity contribution in [1.29, 1.82) is 0 Å². The second kappa shape index (κ2) is 11.3. The van der Waals surface area contributed by atoms with E-state index in [4.69, 9.17) is 9.47 Å². The van der Waals surface area contributed by atoms with Crippen LogP contribution in [0.25, 0.3) is 0 Å². The molecule has 1 aliphatic heterocycles. The smallest absolute Gasteiger partial charge is 0.269 e. The van der Waals surface area contributed by atoms with E-state index in [1.165, 1.54) is 23.7 Å². The summed E-state index contributed by atoms with van der Waals surface area (Å²) >= 11 is 0. The van der Waals surface area contributed by atoms with Crippen LogP contribution in [0.1, 0.15) is 40.5 Å². The van der Waals surface area contributed by atoms with Crippen molar-refractivity contribution in [3.05, 3.63) is 53.4 Å². The Hall–Kier alpha value is -3.38. The number of piperazine rings is 1. The maximum atomic E-state index is 12.7. The largest absolute Gasteiger partial charge is 0.493 e. The number of ether oxygens (including phenoxy) is 2. The van der Waals surface area contributed by atoms with Gasteiger partial charge in [-0.25, -0.2) is 8.42 Å². The molecule has 2 heterocycles. The molecule has 1 aromatic carbocycles. The number of methoxy groups -OCH3 is 1. The second-order valence-electron chi connectivity index (χ2n) is 9.18. The molecule has 0 radical (unpaired) electrons. The molecule has 37 heavy (non-hydrogen) atoms. The Morgan fingerprint density at radius 3 is 2.57 bits per heavy atom. The van der Waals surface area contributed by atoms with Crippen LogP contribution < -0.4 is 14.8 Å². The summed E-state index contributed by atoms with van der Waals surface area (Å²) in [4.78, 5) is 26.8. The molecule has 2 fully saturated rings. The molecule has 1 N–H and O–H groups in total. The van der Waals surface area contributed by atoms with Crippen LogP contribution in [0, 0.1) is 0 Å². The molecule has 0 unspecified atom stereocenters. The number of carbonyl (C=O) groups excluding carboxylic acids is 2. The normalized spacial score (nSPS) is 16.7. The molecule has 0 atom stereocenters. The summed E-state index contributed by atoms with van der Waals surface area (Å²) in [6.07, 6.45) is 6.45. The Labute approximate surface area is 217 Å². The molecule has 1 saturated carbocycles. The summed E-state index contributed by atoms with van der Waals surface area (Å²) in [5.74, 6) is 1.05. The molecule has 2 aliphatic rings. The minimum Gasteiger partial charge on any atom is -0.493 e. The van der Waals surface area contributed by atoms with Gasteiger partial charge in [-0.2, -0.15) is 9.40 Å². The van der Waals surface area contributed by atoms with E-state index >= 15 is 0 Å². The number of para-hydroxylation sites is 1. The number of hydrogen-bond acceptors (Lipinski definition) is 7. The van der Waals surface area contributed by atoms with E-state index in [0.29, 0.717) is 36.2 Å². The van der Waals surface area contributed by atoms with Gasteiger partial charge in [0, 0.05) is 57.3 Å². The van der Waals surface area contributed by atoms with E-state index in [0.717, 1.165) is 24.1 Å². The van der Waals surface area contributed by atoms with Crippen LogP contribution >= 0.6 is 0 Å². The summed E-state index contributed by atoms with van der Waals surface area (Å²) in [6.45, 7) is 1.66. The molecule has 1 aromatic heterocycles. The highest BCUT2D eigenvalue weighted by Gasteiger charge is 2.28. The van der Waals surface area contributed by atoms with E-state index in [9.17, 15) is 18.0 Å². The number of benzene rings is 1. The second-order valence-corrected chi connectivity index (χ2v) is 11.2. The number of carbonyl (C=O) groups is 2. The first-order valence-corrected chi connectivity index (χ1v) is 14.0. The summed E-state index contributed by atoms with van der Waals surface area (Å²) in [6, 6.07) is 7.27. The predicted molar refractivity (Wildman–Crippen MR) is 137 cm³/mol. The lowest BCUT2D eigenvalue weighted by Gasteiger charge is -2.32. The van der Waals surface area contributed by atoms with Crippen LogP contribution in [0.4, 0.5) is 0 Å². The Morgan fingerprint density at radius 1 is 1.19 bits per heavy atom. The Balaban J connectivity index is 1.29. The lowest BCUT2D eigenvalue weighted by atomic mass is 10.1. The van der Waals surface area contributed by atoms with Crippen molar-refractivity contribution in [2.75, 3.05) is 46.2 Å². The van der Waals surface area contributed by atoms with Crippen LogP contribution in [0.2, 0.25) is 0 Å². The van der Waals surface area contributed by atoms with Gasteiger partial charge in [0.05, 0.1) is 19.1 Å². The minimum atomic E-state index is -3.24. The van der Waals surface area contributed by atoms with Crippen molar-refractivity contribution in [1.82, 2.24) is 24.3 Å². The lowest BCUT2D eigenvalue weighted by molar-refractivity contribution is -0.127. The molecule has 11 nitrogen and oxygen atoms in total. The predicted octanol–water partition coefficient (Wildman–Crippen LogP) is 1.27. The molecule has 1 aliphatic carbocycles. The quantitative estimate of drug-likeness (QED) is 0.458. The van der Waals surface area contributed by atoms with E-state index in [-0.39, 0.29) is 38.1 Å². The van der Waals surface area contributed by atoms with Gasteiger partial charge in [-0.15, -0.1) is 0 Å². The fourth-order valence-corrected chi connectivity index (χ4v) is 5.05. The molecule has 2 aromatic rings. The van der Waals surface area contributed by atoms with Gasteiger partial charge >= 0.3 is 0 Å². The van der Waals surface area contributed by atoms with E-state index in [2.05, 4.69) is 10.4 Å². The highest BCUT2D eigenvalue weighted by atomic mass is 32.2. The highest BCUT2D eigenvalue weighted by molar-refractivity contribution is 7.88. The molecular weight excluding hydrogens is 498 g/mol. The maximum absolute atomic E-state index is 12.7. The van der Waals surface area contributed by atoms with Crippen LogP contribution in [0.5, 0.6) is 11.5 Å². The topological polar surface area (TPSA) is 123 Å². The number of amides is 2. The van der Waals surface area contributed by atoms with Gasteiger partial charge in [0.25, 0.3) is 5.91 Å². The average Bonchev–Trinajstić information content (AvgIpc) is 3.66. The van der Waals surface area contributed by atoms with Crippen molar-refractivity contribution >= 4 is 21.8 Å². The van der Waals surface area contributed by atoms with Crippen LogP contribution in [-0.2, 0) is 28.4 Å². The third kappa shape index (κ3) is 6.69. The summed E-state index contributed by atoms with van der Waals surface area (Å²) in [7, 11) is 0.0578. The Morgan fingerprint density at radius 2 is 1.92 bits per heavy atom. The number of nitrogens with zero attached hydrogens (tertiary/aromatic N) is 4. The van der Waals surface area contributed by atoms with E-state index in [1.807, 2.05) is 18.2 Å². The number of nitrogens with one attached hydrogen (secondary N) is 1. The number of aromatic nitrogens is 2. The van der Waals surface area contributed by atoms with Crippen LogP contribution in [0.15, 0.2) is 36.4 Å². The van der Waals surface area contributed by atoms with E-state index < -0.39 is 10.0 Å². The standard InChI is InChI=1S/C25H33N5O6S/c1-28-21(16-20(27-28)18-9-10-18)25(32)26-17-19-6-4-7-22(24(19)35-2)36-15-5-8-23(31)29-11-13-30(14-12-29)37(3,33)34/h4-8,16,18H,9-15,17H2,1-3H3,(H,26,32)/b8-5+. The SMILES string of the molecule is COc1c(CNC(=O)c2cc(C3CC3)nn2C)cccc1OC/C=C/C(=O)N1CCN(S(C)(=O)=O)CC1. The van der Waals surface area contributed by atoms with Gasteiger partial charge in [-0.3, -0.25) is 14.3 Å². The van der Waals surface area contributed by atoms with Crippen molar-refractivity contribution in [2.24, 2.45) is 7.05 Å². The van der Waals surface area contributed by atoms with Gasteiger partial charge in [-0.05, 0) is 31.1 Å². The first-order valence-electron chi connectivity index (χ1n) is 12.2. The Kier molecular flexibility index (Phi) is 8.18. The molecule has 0 bridgehead atoms. The molecule has 200 valence electrons. The zero-order valence-electron chi connectivity index (χ0n) is 21.3. The number of rotatable bonds is 10. The molecule has 12 heteroatoms. The average molecular weight is 532 g/mol. The van der Waals surface area contributed by atoms with Gasteiger partial charge < -0.3 is 19.7 Å². The van der Waals surface area contributed by atoms with Gasteiger partial charge in [0.2, 0.25) is 15.9 Å². The molecular formula is C25H33N5O6S. The fourth-order valence-electron chi connectivity index (χ4n) is 4.22. The molecule has 2 amide bonds. The van der Waals surface area contributed by atoms with Gasteiger partial charge in [0.15, 0.2) is 11.5 Å². The summed E-state index contributed by atoms with van der Waals surface area (Å²) < 4.78 is 37.6. The summed E-state index contributed by atoms with van der Waals surface area (Å²) in [5.41, 5.74) is 2.23. The monoisotopic (exact) mass is 531 g/mol. The maximum Gasteiger partial charge on any atom is 0.269 e. The van der Waals surface area contributed by atoms with E-state index in [1.54, 1.807) is 28.8 Å². The molecule has 4 rings (SSSR count). The number of hydrogen-bond donors (Lipinski definition) is 1.